The second-order valence-corrected chi connectivity index (χ2v) is 5.19. The molecule has 1 heterocycles. The Labute approximate surface area is 122 Å². The molecular weight excluding hydrogens is 273 g/mol. The molecule has 0 aliphatic carbocycles. The maximum absolute atomic E-state index is 13.3. The lowest BCUT2D eigenvalue weighted by molar-refractivity contribution is -0.385. The van der Waals surface area contributed by atoms with Crippen molar-refractivity contribution in [3.05, 3.63) is 63.7 Å². The van der Waals surface area contributed by atoms with E-state index in [-0.39, 0.29) is 12.2 Å². The molecule has 1 aromatic carbocycles. The molecule has 0 spiro atoms. The molecule has 0 radical (unpaired) electrons. The zero-order chi connectivity index (χ0) is 15.4. The Bertz CT molecular complexity index is 638. The van der Waals surface area contributed by atoms with Gasteiger partial charge in [0.25, 0.3) is 5.69 Å². The number of nitrogens with one attached hydrogen (secondary N) is 1. The highest BCUT2D eigenvalue weighted by Crippen LogP contribution is 2.21. The van der Waals surface area contributed by atoms with Crippen LogP contribution in [0.1, 0.15) is 25.1 Å². The summed E-state index contributed by atoms with van der Waals surface area (Å²) in [5, 5.41) is 14.3. The average molecular weight is 291 g/mol. The molecule has 0 amide bonds. The topological polar surface area (TPSA) is 60.1 Å². The van der Waals surface area contributed by atoms with Gasteiger partial charge in [0.1, 0.15) is 5.82 Å². The van der Waals surface area contributed by atoms with Crippen LogP contribution in [0.3, 0.4) is 0 Å². The lowest BCUT2D eigenvalue weighted by Crippen LogP contribution is -2.23. The normalized spacial score (nSPS) is 11.0. The van der Waals surface area contributed by atoms with Gasteiger partial charge in [0, 0.05) is 30.5 Å². The third-order valence-electron chi connectivity index (χ3n) is 3.19. The van der Waals surface area contributed by atoms with Crippen LogP contribution in [0.15, 0.2) is 36.5 Å². The van der Waals surface area contributed by atoms with Crippen LogP contribution in [0.2, 0.25) is 0 Å². The fraction of sp³-hybridized carbons (Fsp3) is 0.333. The number of hydrogen-bond donors (Lipinski definition) is 1. The second-order valence-electron chi connectivity index (χ2n) is 5.19. The van der Waals surface area contributed by atoms with Crippen LogP contribution in [0, 0.1) is 15.9 Å². The minimum absolute atomic E-state index is 0.0622. The fourth-order valence-corrected chi connectivity index (χ4v) is 2.12. The van der Waals surface area contributed by atoms with Crippen molar-refractivity contribution in [1.29, 1.82) is 0 Å². The number of hydrogen-bond acceptors (Lipinski definition) is 3. The predicted molar refractivity (Wildman–Crippen MR) is 78.6 cm³/mol. The van der Waals surface area contributed by atoms with E-state index in [9.17, 15) is 14.5 Å². The van der Waals surface area contributed by atoms with Gasteiger partial charge >= 0.3 is 0 Å². The Morgan fingerprint density at radius 2 is 2.14 bits per heavy atom. The van der Waals surface area contributed by atoms with E-state index in [0.29, 0.717) is 18.2 Å². The van der Waals surface area contributed by atoms with Crippen molar-refractivity contribution in [1.82, 2.24) is 9.88 Å². The highest BCUT2D eigenvalue weighted by atomic mass is 19.1. The van der Waals surface area contributed by atoms with Crippen LogP contribution in [0.5, 0.6) is 0 Å². The highest BCUT2D eigenvalue weighted by Gasteiger charge is 2.15. The van der Waals surface area contributed by atoms with Gasteiger partial charge in [-0.05, 0) is 24.3 Å². The average Bonchev–Trinajstić information content (AvgIpc) is 2.83. The van der Waals surface area contributed by atoms with Crippen LogP contribution >= 0.6 is 0 Å². The Balaban J connectivity index is 2.24. The van der Waals surface area contributed by atoms with Crippen molar-refractivity contribution in [3.8, 4) is 0 Å². The first kappa shape index (κ1) is 15.2. The molecule has 112 valence electrons. The van der Waals surface area contributed by atoms with Crippen molar-refractivity contribution in [2.24, 2.45) is 0 Å². The summed E-state index contributed by atoms with van der Waals surface area (Å²) >= 11 is 0. The summed E-state index contributed by atoms with van der Waals surface area (Å²) in [6, 6.07) is 7.70. The van der Waals surface area contributed by atoms with Crippen molar-refractivity contribution >= 4 is 5.69 Å². The lowest BCUT2D eigenvalue weighted by Gasteiger charge is -2.12. The molecule has 5 nitrogen and oxygen atoms in total. The molecule has 2 aromatic rings. The van der Waals surface area contributed by atoms with Gasteiger partial charge in [0.05, 0.1) is 17.0 Å². The third kappa shape index (κ3) is 3.88. The summed E-state index contributed by atoms with van der Waals surface area (Å²) in [5.74, 6) is -0.468. The molecule has 1 N–H and O–H groups in total. The molecule has 0 fully saturated rings. The van der Waals surface area contributed by atoms with Gasteiger partial charge in [-0.2, -0.15) is 0 Å². The van der Waals surface area contributed by atoms with Crippen molar-refractivity contribution in [2.45, 2.75) is 33.0 Å². The van der Waals surface area contributed by atoms with Gasteiger partial charge in [-0.15, -0.1) is 0 Å². The Hall–Kier alpha value is -2.21. The van der Waals surface area contributed by atoms with E-state index >= 15 is 0 Å². The summed E-state index contributed by atoms with van der Waals surface area (Å²) in [6.07, 6.45) is 1.84. The number of nitro benzene ring substituents is 1. The van der Waals surface area contributed by atoms with Gasteiger partial charge < -0.3 is 9.88 Å². The molecular formula is C15H18FN3O2. The number of rotatable bonds is 6. The van der Waals surface area contributed by atoms with Crippen LogP contribution in [0.25, 0.3) is 0 Å². The number of benzene rings is 1. The van der Waals surface area contributed by atoms with Gasteiger partial charge in [-0.1, -0.05) is 13.8 Å². The summed E-state index contributed by atoms with van der Waals surface area (Å²) in [4.78, 5) is 10.5. The summed E-state index contributed by atoms with van der Waals surface area (Å²) in [5.41, 5.74) is 1.30. The maximum Gasteiger partial charge on any atom is 0.274 e. The molecule has 1 aromatic heterocycles. The molecule has 0 aliphatic rings. The van der Waals surface area contributed by atoms with E-state index in [1.165, 1.54) is 12.1 Å². The van der Waals surface area contributed by atoms with Gasteiger partial charge in [-0.25, -0.2) is 4.39 Å². The Morgan fingerprint density at radius 1 is 1.38 bits per heavy atom. The molecule has 0 aliphatic heterocycles. The maximum atomic E-state index is 13.3. The number of nitrogens with zero attached hydrogens (tertiary/aromatic N) is 2. The summed E-state index contributed by atoms with van der Waals surface area (Å²) in [6.45, 7) is 5.03. The van der Waals surface area contributed by atoms with E-state index in [1.54, 1.807) is 0 Å². The summed E-state index contributed by atoms with van der Waals surface area (Å²) < 4.78 is 15.2. The van der Waals surface area contributed by atoms with Crippen molar-refractivity contribution in [3.63, 3.8) is 0 Å². The Morgan fingerprint density at radius 3 is 2.81 bits per heavy atom. The van der Waals surface area contributed by atoms with Crippen molar-refractivity contribution < 1.29 is 9.31 Å². The predicted octanol–water partition coefficient (Wildman–Crippen LogP) is 3.08. The smallest absolute Gasteiger partial charge is 0.274 e. The molecule has 0 saturated carbocycles. The van der Waals surface area contributed by atoms with E-state index in [4.69, 9.17) is 0 Å². The lowest BCUT2D eigenvalue weighted by atomic mass is 10.1. The third-order valence-corrected chi connectivity index (χ3v) is 3.19. The zero-order valence-corrected chi connectivity index (χ0v) is 12.0. The first-order chi connectivity index (χ1) is 9.97. The molecule has 6 heteroatoms. The number of nitro groups is 1. The number of halogens is 1. The van der Waals surface area contributed by atoms with E-state index in [2.05, 4.69) is 5.32 Å². The SMILES string of the molecule is CC(C)NCc1cccn1Cc1cc(F)ccc1[N+](=O)[O-]. The van der Waals surface area contributed by atoms with Crippen LogP contribution in [-0.4, -0.2) is 15.5 Å². The standard InChI is InChI=1S/C15H18FN3O2/c1-11(2)17-9-14-4-3-7-18(14)10-12-8-13(16)5-6-15(12)19(20)21/h3-8,11,17H,9-10H2,1-2H3. The molecule has 0 saturated heterocycles. The van der Waals surface area contributed by atoms with E-state index in [1.807, 2.05) is 36.7 Å². The van der Waals surface area contributed by atoms with Gasteiger partial charge in [0.2, 0.25) is 0 Å². The summed E-state index contributed by atoms with van der Waals surface area (Å²) in [7, 11) is 0. The van der Waals surface area contributed by atoms with Gasteiger partial charge in [0.15, 0.2) is 0 Å². The van der Waals surface area contributed by atoms with Crippen LogP contribution < -0.4 is 5.32 Å². The highest BCUT2D eigenvalue weighted by molar-refractivity contribution is 5.40. The molecule has 0 atom stereocenters. The largest absolute Gasteiger partial charge is 0.346 e. The molecule has 0 unspecified atom stereocenters. The quantitative estimate of drug-likeness (QED) is 0.657. The minimum Gasteiger partial charge on any atom is -0.346 e. The minimum atomic E-state index is -0.482. The fourth-order valence-electron chi connectivity index (χ4n) is 2.12. The zero-order valence-electron chi connectivity index (χ0n) is 12.0. The monoisotopic (exact) mass is 291 g/mol. The second kappa shape index (κ2) is 6.49. The van der Waals surface area contributed by atoms with Crippen LogP contribution in [-0.2, 0) is 13.1 Å². The molecule has 0 bridgehead atoms. The van der Waals surface area contributed by atoms with Crippen LogP contribution in [0.4, 0.5) is 10.1 Å². The molecule has 2 rings (SSSR count). The van der Waals surface area contributed by atoms with E-state index < -0.39 is 10.7 Å². The first-order valence-corrected chi connectivity index (χ1v) is 6.77. The Kier molecular flexibility index (Phi) is 4.70. The van der Waals surface area contributed by atoms with E-state index in [0.717, 1.165) is 11.8 Å². The van der Waals surface area contributed by atoms with Gasteiger partial charge in [-0.3, -0.25) is 10.1 Å². The first-order valence-electron chi connectivity index (χ1n) is 6.77. The molecule has 21 heavy (non-hydrogen) atoms. The number of aromatic nitrogens is 1. The van der Waals surface area contributed by atoms with Crippen molar-refractivity contribution in [2.75, 3.05) is 0 Å².